The number of carbonyl (C=O) groups excluding carboxylic acids is 2. The summed E-state index contributed by atoms with van der Waals surface area (Å²) in [6, 6.07) is 1.37. The molecule has 26 heavy (non-hydrogen) atoms. The molecule has 1 aromatic rings. The zero-order valence-electron chi connectivity index (χ0n) is 15.0. The normalized spacial score (nSPS) is 21.2. The van der Waals surface area contributed by atoms with E-state index in [-0.39, 0.29) is 22.8 Å². The van der Waals surface area contributed by atoms with Gasteiger partial charge in [-0.05, 0) is 26.0 Å². The van der Waals surface area contributed by atoms with Crippen molar-refractivity contribution in [2.24, 2.45) is 7.05 Å². The minimum Gasteiger partial charge on any atom is -0.368 e. The largest absolute Gasteiger partial charge is 0.368 e. The molecule has 0 spiro atoms. The van der Waals surface area contributed by atoms with E-state index in [4.69, 9.17) is 4.74 Å². The lowest BCUT2D eigenvalue weighted by molar-refractivity contribution is -0.142. The van der Waals surface area contributed by atoms with Crippen molar-refractivity contribution in [1.29, 1.82) is 0 Å². The van der Waals surface area contributed by atoms with E-state index in [0.717, 1.165) is 12.8 Å². The number of aromatic nitrogens is 1. The third kappa shape index (κ3) is 3.62. The number of nitrogens with zero attached hydrogens (tertiary/aromatic N) is 3. The van der Waals surface area contributed by atoms with Crippen LogP contribution in [-0.4, -0.2) is 80.5 Å². The standard InChI is InChI=1S/C16H24N4O5S/c1-17-26(23,24)12-10-13(18(2)11-12)15(21)19-5-7-20(8-6-19)16(22)14-4-3-9-25-14/h10-11,14,17H,3-9H2,1-2H3. The molecule has 2 amide bonds. The lowest BCUT2D eigenvalue weighted by atomic mass is 10.2. The first-order chi connectivity index (χ1) is 12.3. The highest BCUT2D eigenvalue weighted by molar-refractivity contribution is 7.89. The van der Waals surface area contributed by atoms with E-state index >= 15 is 0 Å². The number of carbonyl (C=O) groups is 2. The van der Waals surface area contributed by atoms with Gasteiger partial charge in [-0.2, -0.15) is 0 Å². The summed E-state index contributed by atoms with van der Waals surface area (Å²) in [6.07, 6.45) is 2.72. The predicted molar refractivity (Wildman–Crippen MR) is 93.1 cm³/mol. The van der Waals surface area contributed by atoms with Gasteiger partial charge >= 0.3 is 0 Å². The summed E-state index contributed by atoms with van der Waals surface area (Å²) < 4.78 is 33.0. The van der Waals surface area contributed by atoms with Crippen molar-refractivity contribution in [2.75, 3.05) is 39.8 Å². The van der Waals surface area contributed by atoms with Crippen LogP contribution < -0.4 is 4.72 Å². The van der Waals surface area contributed by atoms with Crippen LogP contribution in [0.3, 0.4) is 0 Å². The number of nitrogens with one attached hydrogen (secondary N) is 1. The molecular formula is C16H24N4O5S. The molecule has 1 aromatic heterocycles. The molecule has 9 nitrogen and oxygen atoms in total. The second kappa shape index (κ2) is 7.37. The minimum absolute atomic E-state index is 0.00383. The quantitative estimate of drug-likeness (QED) is 0.747. The number of hydrogen-bond donors (Lipinski definition) is 1. The van der Waals surface area contributed by atoms with Crippen molar-refractivity contribution in [1.82, 2.24) is 19.1 Å². The molecule has 1 N–H and O–H groups in total. The summed E-state index contributed by atoms with van der Waals surface area (Å²) in [5.41, 5.74) is 0.303. The first kappa shape index (κ1) is 18.9. The lowest BCUT2D eigenvalue weighted by Gasteiger charge is -2.35. The van der Waals surface area contributed by atoms with E-state index in [2.05, 4.69) is 4.72 Å². The van der Waals surface area contributed by atoms with Crippen molar-refractivity contribution < 1.29 is 22.7 Å². The molecular weight excluding hydrogens is 360 g/mol. The molecule has 10 heteroatoms. The molecule has 2 aliphatic rings. The number of ether oxygens (including phenoxy) is 1. The Labute approximate surface area is 152 Å². The van der Waals surface area contributed by atoms with Crippen molar-refractivity contribution >= 4 is 21.8 Å². The Morgan fingerprint density at radius 3 is 2.42 bits per heavy atom. The molecule has 2 fully saturated rings. The maximum atomic E-state index is 12.7. The topological polar surface area (TPSA) is 101 Å². The number of amides is 2. The first-order valence-corrected chi connectivity index (χ1v) is 10.1. The van der Waals surface area contributed by atoms with Crippen molar-refractivity contribution in [2.45, 2.75) is 23.8 Å². The average Bonchev–Trinajstić information content (AvgIpc) is 3.30. The highest BCUT2D eigenvalue weighted by Gasteiger charge is 2.32. The van der Waals surface area contributed by atoms with E-state index in [1.54, 1.807) is 16.8 Å². The summed E-state index contributed by atoms with van der Waals surface area (Å²) in [6.45, 7) is 2.36. The monoisotopic (exact) mass is 384 g/mol. The SMILES string of the molecule is CNS(=O)(=O)c1cc(C(=O)N2CCN(C(=O)C3CCCO3)CC2)n(C)c1. The van der Waals surface area contributed by atoms with Gasteiger partial charge in [-0.1, -0.05) is 0 Å². The third-order valence-corrected chi connectivity index (χ3v) is 6.24. The molecule has 0 saturated carbocycles. The van der Waals surface area contributed by atoms with Crippen molar-refractivity contribution in [3.63, 3.8) is 0 Å². The Morgan fingerprint density at radius 2 is 1.85 bits per heavy atom. The van der Waals surface area contributed by atoms with Gasteiger partial charge in [0.1, 0.15) is 16.7 Å². The van der Waals surface area contributed by atoms with E-state index in [9.17, 15) is 18.0 Å². The molecule has 1 unspecified atom stereocenters. The second-order valence-corrected chi connectivity index (χ2v) is 8.39. The van der Waals surface area contributed by atoms with Gasteiger partial charge in [0.15, 0.2) is 0 Å². The number of piperazine rings is 1. The van der Waals surface area contributed by atoms with Crippen LogP contribution in [0, 0.1) is 0 Å². The molecule has 3 rings (SSSR count). The molecule has 0 aromatic carbocycles. The van der Waals surface area contributed by atoms with Crippen LogP contribution in [-0.2, 0) is 26.6 Å². The Balaban J connectivity index is 1.64. The molecule has 2 aliphatic heterocycles. The van der Waals surface area contributed by atoms with Crippen LogP contribution >= 0.6 is 0 Å². The van der Waals surface area contributed by atoms with Gasteiger partial charge in [0.2, 0.25) is 10.0 Å². The lowest BCUT2D eigenvalue weighted by Crippen LogP contribution is -2.53. The van der Waals surface area contributed by atoms with Gasteiger partial charge in [-0.3, -0.25) is 9.59 Å². The molecule has 0 aliphatic carbocycles. The van der Waals surface area contributed by atoms with Crippen molar-refractivity contribution in [3.05, 3.63) is 18.0 Å². The van der Waals surface area contributed by atoms with Crippen LogP contribution in [0.1, 0.15) is 23.3 Å². The first-order valence-electron chi connectivity index (χ1n) is 8.63. The Morgan fingerprint density at radius 1 is 1.19 bits per heavy atom. The summed E-state index contributed by atoms with van der Waals surface area (Å²) in [7, 11) is -0.636. The fourth-order valence-corrected chi connectivity index (χ4v) is 4.08. The highest BCUT2D eigenvalue weighted by Crippen LogP contribution is 2.18. The van der Waals surface area contributed by atoms with Gasteiger partial charge in [-0.25, -0.2) is 13.1 Å². The summed E-state index contributed by atoms with van der Waals surface area (Å²) in [5.74, 6) is -0.245. The summed E-state index contributed by atoms with van der Waals surface area (Å²) in [5, 5.41) is 0. The van der Waals surface area contributed by atoms with Crippen LogP contribution in [0.15, 0.2) is 17.2 Å². The zero-order chi connectivity index (χ0) is 18.9. The number of sulfonamides is 1. The molecule has 3 heterocycles. The van der Waals surface area contributed by atoms with E-state index in [1.807, 2.05) is 0 Å². The number of hydrogen-bond acceptors (Lipinski definition) is 5. The third-order valence-electron chi connectivity index (χ3n) is 4.86. The molecule has 1 atom stereocenters. The molecule has 144 valence electrons. The van der Waals surface area contributed by atoms with Crippen LogP contribution in [0.5, 0.6) is 0 Å². The molecule has 0 radical (unpaired) electrons. The summed E-state index contributed by atoms with van der Waals surface area (Å²) >= 11 is 0. The minimum atomic E-state index is -3.60. The van der Waals surface area contributed by atoms with E-state index in [1.165, 1.54) is 23.9 Å². The van der Waals surface area contributed by atoms with Gasteiger partial charge in [0, 0.05) is 46.0 Å². The van der Waals surface area contributed by atoms with Crippen LogP contribution in [0.25, 0.3) is 0 Å². The van der Waals surface area contributed by atoms with Gasteiger partial charge < -0.3 is 19.1 Å². The van der Waals surface area contributed by atoms with E-state index in [0.29, 0.717) is 38.5 Å². The molecule has 0 bridgehead atoms. The number of aryl methyl sites for hydroxylation is 1. The predicted octanol–water partition coefficient (Wildman–Crippen LogP) is -0.603. The van der Waals surface area contributed by atoms with Crippen LogP contribution in [0.2, 0.25) is 0 Å². The average molecular weight is 384 g/mol. The Kier molecular flexibility index (Phi) is 5.35. The summed E-state index contributed by atoms with van der Waals surface area (Å²) in [4.78, 5) is 28.5. The van der Waals surface area contributed by atoms with Gasteiger partial charge in [0.25, 0.3) is 11.8 Å². The van der Waals surface area contributed by atoms with Crippen molar-refractivity contribution in [3.8, 4) is 0 Å². The zero-order valence-corrected chi connectivity index (χ0v) is 15.8. The smallest absolute Gasteiger partial charge is 0.270 e. The highest BCUT2D eigenvalue weighted by atomic mass is 32.2. The Hall–Kier alpha value is -1.91. The second-order valence-electron chi connectivity index (χ2n) is 6.50. The maximum Gasteiger partial charge on any atom is 0.270 e. The van der Waals surface area contributed by atoms with E-state index < -0.39 is 10.0 Å². The van der Waals surface area contributed by atoms with Gasteiger partial charge in [-0.15, -0.1) is 0 Å². The van der Waals surface area contributed by atoms with Gasteiger partial charge in [0.05, 0.1) is 0 Å². The maximum absolute atomic E-state index is 12.7. The Bertz CT molecular complexity index is 790. The fourth-order valence-electron chi connectivity index (χ4n) is 3.28. The number of rotatable bonds is 4. The molecule has 2 saturated heterocycles. The fraction of sp³-hybridized carbons (Fsp3) is 0.625. The van der Waals surface area contributed by atoms with Crippen LogP contribution in [0.4, 0.5) is 0 Å².